The van der Waals surface area contributed by atoms with Crippen LogP contribution >= 0.6 is 11.8 Å². The first-order valence-electron chi connectivity index (χ1n) is 9.13. The number of anilines is 1. The summed E-state index contributed by atoms with van der Waals surface area (Å²) in [5, 5.41) is 2.70. The lowest BCUT2D eigenvalue weighted by molar-refractivity contribution is 0.169. The lowest BCUT2D eigenvalue weighted by atomic mass is 10.2. The van der Waals surface area contributed by atoms with Gasteiger partial charge in [-0.25, -0.2) is 9.78 Å². The highest BCUT2D eigenvalue weighted by Crippen LogP contribution is 2.22. The number of hydrogen-bond donors (Lipinski definition) is 1. The summed E-state index contributed by atoms with van der Waals surface area (Å²) in [6.07, 6.45) is 7.40. The summed E-state index contributed by atoms with van der Waals surface area (Å²) in [5.74, 6) is 1.65. The number of rotatable bonds is 8. The Morgan fingerprint density at radius 3 is 2.59 bits per heavy atom. The van der Waals surface area contributed by atoms with E-state index in [2.05, 4.69) is 24.1 Å². The van der Waals surface area contributed by atoms with Crippen molar-refractivity contribution in [1.82, 2.24) is 9.55 Å². The number of thioether (sulfide) groups is 1. The molecular formula is C20H31N3O3S. The molecule has 0 atom stereocenters. The van der Waals surface area contributed by atoms with Crippen molar-refractivity contribution in [3.8, 4) is 5.75 Å². The molecule has 1 amide bonds. The molecule has 7 heteroatoms. The van der Waals surface area contributed by atoms with Gasteiger partial charge in [-0.05, 0) is 49.8 Å². The molecule has 0 aliphatic heterocycles. The molecule has 2 rings (SSSR count). The van der Waals surface area contributed by atoms with E-state index in [1.807, 2.05) is 55.5 Å². The van der Waals surface area contributed by atoms with Crippen LogP contribution in [0.2, 0.25) is 0 Å². The SMILES string of the molecule is CCCOc1ccc(NC(=O)OCCSC)cc1C.CCc1cn(C)cn1. The molecule has 0 aliphatic carbocycles. The molecular weight excluding hydrogens is 362 g/mol. The number of carbonyl (C=O) groups excluding carboxylic acids is 1. The lowest BCUT2D eigenvalue weighted by Crippen LogP contribution is -2.15. The first-order chi connectivity index (χ1) is 13.0. The largest absolute Gasteiger partial charge is 0.493 e. The second-order valence-electron chi connectivity index (χ2n) is 5.97. The second-order valence-corrected chi connectivity index (χ2v) is 6.95. The number of nitrogens with one attached hydrogen (secondary N) is 1. The molecule has 1 aromatic carbocycles. The van der Waals surface area contributed by atoms with Crippen LogP contribution in [0, 0.1) is 6.92 Å². The van der Waals surface area contributed by atoms with Crippen LogP contribution in [0.25, 0.3) is 0 Å². The van der Waals surface area contributed by atoms with Crippen LogP contribution in [-0.2, 0) is 18.2 Å². The third-order valence-electron chi connectivity index (χ3n) is 3.52. The topological polar surface area (TPSA) is 65.4 Å². The fraction of sp³-hybridized carbons (Fsp3) is 0.500. The van der Waals surface area contributed by atoms with E-state index in [-0.39, 0.29) is 0 Å². The number of aromatic nitrogens is 2. The van der Waals surface area contributed by atoms with Gasteiger partial charge in [-0.1, -0.05) is 13.8 Å². The van der Waals surface area contributed by atoms with E-state index < -0.39 is 6.09 Å². The van der Waals surface area contributed by atoms with E-state index in [1.54, 1.807) is 11.8 Å². The average molecular weight is 394 g/mol. The Morgan fingerprint density at radius 1 is 1.30 bits per heavy atom. The Balaban J connectivity index is 0.000000377. The van der Waals surface area contributed by atoms with E-state index in [0.29, 0.717) is 13.2 Å². The van der Waals surface area contributed by atoms with Crippen molar-refractivity contribution >= 4 is 23.5 Å². The number of nitrogens with zero attached hydrogens (tertiary/aromatic N) is 2. The zero-order valence-electron chi connectivity index (χ0n) is 16.9. The maximum atomic E-state index is 11.5. The number of aryl methyl sites for hydroxylation is 3. The van der Waals surface area contributed by atoms with Gasteiger partial charge in [-0.2, -0.15) is 11.8 Å². The third kappa shape index (κ3) is 9.38. The minimum absolute atomic E-state index is 0.420. The molecule has 27 heavy (non-hydrogen) atoms. The molecule has 1 N–H and O–H groups in total. The Hall–Kier alpha value is -2.15. The highest BCUT2D eigenvalue weighted by Gasteiger charge is 2.05. The molecule has 0 spiro atoms. The normalized spacial score (nSPS) is 9.96. The first kappa shape index (κ1) is 22.9. The minimum Gasteiger partial charge on any atom is -0.493 e. The van der Waals surface area contributed by atoms with Crippen molar-refractivity contribution < 1.29 is 14.3 Å². The first-order valence-corrected chi connectivity index (χ1v) is 10.5. The molecule has 0 fully saturated rings. The Labute approximate surface area is 166 Å². The quantitative estimate of drug-likeness (QED) is 0.660. The van der Waals surface area contributed by atoms with Crippen LogP contribution in [0.5, 0.6) is 5.75 Å². The summed E-state index contributed by atoms with van der Waals surface area (Å²) in [4.78, 5) is 15.6. The number of benzene rings is 1. The van der Waals surface area contributed by atoms with Gasteiger partial charge in [0, 0.05) is 24.7 Å². The lowest BCUT2D eigenvalue weighted by Gasteiger charge is -2.11. The van der Waals surface area contributed by atoms with Gasteiger partial charge in [0.1, 0.15) is 12.4 Å². The monoisotopic (exact) mass is 393 g/mol. The van der Waals surface area contributed by atoms with Crippen LogP contribution < -0.4 is 10.1 Å². The molecule has 0 unspecified atom stereocenters. The summed E-state index contributed by atoms with van der Waals surface area (Å²) < 4.78 is 12.6. The summed E-state index contributed by atoms with van der Waals surface area (Å²) in [6.45, 7) is 7.24. The predicted octanol–water partition coefficient (Wildman–Crippen LogP) is 4.68. The van der Waals surface area contributed by atoms with E-state index in [9.17, 15) is 4.79 Å². The van der Waals surface area contributed by atoms with Gasteiger partial charge in [0.05, 0.1) is 18.6 Å². The molecule has 0 radical (unpaired) electrons. The zero-order valence-corrected chi connectivity index (χ0v) is 17.8. The van der Waals surface area contributed by atoms with Crippen molar-refractivity contribution in [2.75, 3.05) is 30.5 Å². The van der Waals surface area contributed by atoms with Gasteiger partial charge < -0.3 is 14.0 Å². The molecule has 0 aliphatic rings. The maximum absolute atomic E-state index is 11.5. The second kappa shape index (κ2) is 13.1. The van der Waals surface area contributed by atoms with Crippen LogP contribution in [-0.4, -0.2) is 40.9 Å². The number of hydrogen-bond acceptors (Lipinski definition) is 5. The van der Waals surface area contributed by atoms with Crippen LogP contribution in [0.1, 0.15) is 31.5 Å². The molecule has 2 aromatic rings. The third-order valence-corrected chi connectivity index (χ3v) is 4.10. The van der Waals surface area contributed by atoms with E-state index >= 15 is 0 Å². The van der Waals surface area contributed by atoms with Crippen molar-refractivity contribution in [2.24, 2.45) is 7.05 Å². The van der Waals surface area contributed by atoms with Gasteiger partial charge in [0.2, 0.25) is 0 Å². The summed E-state index contributed by atoms with van der Waals surface area (Å²) >= 11 is 1.64. The molecule has 1 heterocycles. The zero-order chi connectivity index (χ0) is 20.1. The molecule has 0 saturated heterocycles. The molecule has 6 nitrogen and oxygen atoms in total. The highest BCUT2D eigenvalue weighted by molar-refractivity contribution is 7.98. The molecule has 0 saturated carbocycles. The number of amides is 1. The number of imidazole rings is 1. The van der Waals surface area contributed by atoms with Crippen molar-refractivity contribution in [2.45, 2.75) is 33.6 Å². The van der Waals surface area contributed by atoms with Gasteiger partial charge in [-0.3, -0.25) is 5.32 Å². The van der Waals surface area contributed by atoms with E-state index in [0.717, 1.165) is 41.3 Å². The summed E-state index contributed by atoms with van der Waals surface area (Å²) in [6, 6.07) is 5.55. The summed E-state index contributed by atoms with van der Waals surface area (Å²) in [7, 11) is 1.98. The fourth-order valence-corrected chi connectivity index (χ4v) is 2.37. The van der Waals surface area contributed by atoms with E-state index in [4.69, 9.17) is 9.47 Å². The van der Waals surface area contributed by atoms with Crippen molar-refractivity contribution in [3.05, 3.63) is 42.0 Å². The maximum Gasteiger partial charge on any atom is 0.411 e. The fourth-order valence-electron chi connectivity index (χ4n) is 2.12. The van der Waals surface area contributed by atoms with E-state index in [1.165, 1.54) is 0 Å². The Morgan fingerprint density at radius 2 is 2.07 bits per heavy atom. The molecule has 150 valence electrons. The standard InChI is InChI=1S/C14H21NO3S.C6H10N2/c1-4-7-17-13-6-5-12(10-11(13)2)15-14(16)18-8-9-19-3;1-3-6-4-8(2)5-7-6/h5-6,10H,4,7-9H2,1-3H3,(H,15,16);4-5H,3H2,1-2H3. The van der Waals surface area contributed by atoms with Gasteiger partial charge in [0.15, 0.2) is 0 Å². The number of carbonyl (C=O) groups is 1. The van der Waals surface area contributed by atoms with Gasteiger partial charge >= 0.3 is 6.09 Å². The number of ether oxygens (including phenoxy) is 2. The van der Waals surface area contributed by atoms with Crippen molar-refractivity contribution in [3.63, 3.8) is 0 Å². The minimum atomic E-state index is -0.421. The predicted molar refractivity (Wildman–Crippen MR) is 113 cm³/mol. The van der Waals surface area contributed by atoms with Crippen LogP contribution in [0.15, 0.2) is 30.7 Å². The van der Waals surface area contributed by atoms with Crippen LogP contribution in [0.3, 0.4) is 0 Å². The van der Waals surface area contributed by atoms with Crippen LogP contribution in [0.4, 0.5) is 10.5 Å². The van der Waals surface area contributed by atoms with Gasteiger partial charge in [0.25, 0.3) is 0 Å². The van der Waals surface area contributed by atoms with Crippen molar-refractivity contribution in [1.29, 1.82) is 0 Å². The molecule has 1 aromatic heterocycles. The smallest absolute Gasteiger partial charge is 0.411 e. The molecule has 0 bridgehead atoms. The Kier molecular flexibility index (Phi) is 11.1. The summed E-state index contributed by atoms with van der Waals surface area (Å²) in [5.41, 5.74) is 2.87. The Bertz CT molecular complexity index is 689. The highest BCUT2D eigenvalue weighted by atomic mass is 32.2. The average Bonchev–Trinajstić information content (AvgIpc) is 3.07. The van der Waals surface area contributed by atoms with Gasteiger partial charge in [-0.15, -0.1) is 0 Å².